The van der Waals surface area contributed by atoms with Gasteiger partial charge in [-0.3, -0.25) is 4.68 Å². The minimum atomic E-state index is -0.317. The highest BCUT2D eigenvalue weighted by Gasteiger charge is 2.23. The maximum atomic E-state index is 14.1. The fourth-order valence-electron chi connectivity index (χ4n) is 1.80. The second-order valence-corrected chi connectivity index (χ2v) is 5.21. The van der Waals surface area contributed by atoms with E-state index in [9.17, 15) is 4.39 Å². The van der Waals surface area contributed by atoms with Crippen molar-refractivity contribution in [2.45, 2.75) is 40.2 Å². The van der Waals surface area contributed by atoms with Gasteiger partial charge >= 0.3 is 0 Å². The molecule has 0 spiro atoms. The Balaban J connectivity index is 2.58. The van der Waals surface area contributed by atoms with Gasteiger partial charge < -0.3 is 0 Å². The van der Waals surface area contributed by atoms with Gasteiger partial charge in [0.25, 0.3) is 0 Å². The van der Waals surface area contributed by atoms with Gasteiger partial charge in [0.1, 0.15) is 0 Å². The summed E-state index contributed by atoms with van der Waals surface area (Å²) in [6.45, 7) is 9.56. The number of hydrogen-bond acceptors (Lipinski definition) is 2. The van der Waals surface area contributed by atoms with Crippen molar-refractivity contribution in [2.75, 3.05) is 0 Å². The van der Waals surface area contributed by atoms with Crippen molar-refractivity contribution in [3.8, 4) is 5.82 Å². The molecular weight excluding hydrogens is 219 g/mol. The molecule has 17 heavy (non-hydrogen) atoms. The molecule has 92 valence electrons. The number of halogens is 1. The second kappa shape index (κ2) is 3.68. The molecular formula is C12H17FN4. The molecule has 0 unspecified atom stereocenters. The molecule has 2 heterocycles. The molecule has 0 atom stereocenters. The first-order valence-corrected chi connectivity index (χ1v) is 5.59. The van der Waals surface area contributed by atoms with E-state index in [0.717, 1.165) is 5.69 Å². The van der Waals surface area contributed by atoms with E-state index in [1.807, 2.05) is 33.8 Å². The molecule has 0 saturated carbocycles. The van der Waals surface area contributed by atoms with E-state index in [1.165, 1.54) is 4.68 Å². The number of hydrogen-bond donors (Lipinski definition) is 0. The van der Waals surface area contributed by atoms with Crippen LogP contribution < -0.4 is 0 Å². The Hall–Kier alpha value is -1.65. The van der Waals surface area contributed by atoms with Gasteiger partial charge in [-0.2, -0.15) is 5.10 Å². The van der Waals surface area contributed by atoms with Crippen LogP contribution in [0.5, 0.6) is 0 Å². The van der Waals surface area contributed by atoms with Crippen molar-refractivity contribution in [1.29, 1.82) is 0 Å². The molecule has 0 aliphatic rings. The lowest BCUT2D eigenvalue weighted by Gasteiger charge is -2.20. The average molecular weight is 236 g/mol. The van der Waals surface area contributed by atoms with E-state index < -0.39 is 0 Å². The summed E-state index contributed by atoms with van der Waals surface area (Å²) in [4.78, 5) is 0. The highest BCUT2D eigenvalue weighted by molar-refractivity contribution is 5.27. The summed E-state index contributed by atoms with van der Waals surface area (Å²) in [5.74, 6) is -0.0615. The largest absolute Gasteiger partial charge is 0.259 e. The molecule has 0 saturated heterocycles. The first-order chi connectivity index (χ1) is 7.80. The monoisotopic (exact) mass is 236 g/mol. The van der Waals surface area contributed by atoms with Crippen LogP contribution in [0, 0.1) is 19.7 Å². The van der Waals surface area contributed by atoms with Crippen LogP contribution in [0.4, 0.5) is 4.39 Å². The van der Waals surface area contributed by atoms with E-state index in [-0.39, 0.29) is 17.2 Å². The van der Waals surface area contributed by atoms with Gasteiger partial charge in [-0.15, -0.1) is 5.10 Å². The molecule has 2 rings (SSSR count). The van der Waals surface area contributed by atoms with E-state index in [2.05, 4.69) is 10.2 Å². The molecule has 0 aromatic carbocycles. The smallest absolute Gasteiger partial charge is 0.211 e. The van der Waals surface area contributed by atoms with Crippen LogP contribution in [0.1, 0.15) is 32.2 Å². The Bertz CT molecular complexity index is 545. The van der Waals surface area contributed by atoms with E-state index >= 15 is 0 Å². The van der Waals surface area contributed by atoms with Gasteiger partial charge in [0.05, 0.1) is 16.9 Å². The summed E-state index contributed by atoms with van der Waals surface area (Å²) < 4.78 is 17.3. The fraction of sp³-hybridized carbons (Fsp3) is 0.500. The third-order valence-corrected chi connectivity index (χ3v) is 2.60. The molecule has 0 radical (unpaired) electrons. The predicted molar refractivity (Wildman–Crippen MR) is 63.8 cm³/mol. The van der Waals surface area contributed by atoms with Crippen molar-refractivity contribution in [2.24, 2.45) is 0 Å². The molecule has 0 aliphatic heterocycles. The predicted octanol–water partition coefficient (Wildman–Crippen LogP) is 2.58. The normalized spacial score (nSPS) is 12.1. The van der Waals surface area contributed by atoms with Crippen LogP contribution in [0.25, 0.3) is 5.82 Å². The van der Waals surface area contributed by atoms with E-state index in [1.54, 1.807) is 17.8 Å². The quantitative estimate of drug-likeness (QED) is 0.763. The molecule has 2 aromatic heterocycles. The molecule has 0 bridgehead atoms. The summed E-state index contributed by atoms with van der Waals surface area (Å²) >= 11 is 0. The zero-order valence-corrected chi connectivity index (χ0v) is 10.8. The van der Waals surface area contributed by atoms with Gasteiger partial charge in [-0.25, -0.2) is 9.07 Å². The molecule has 0 N–H and O–H groups in total. The van der Waals surface area contributed by atoms with E-state index in [4.69, 9.17) is 0 Å². The van der Waals surface area contributed by atoms with Crippen LogP contribution in [-0.4, -0.2) is 19.6 Å². The molecule has 4 nitrogen and oxygen atoms in total. The van der Waals surface area contributed by atoms with Gasteiger partial charge in [-0.1, -0.05) is 0 Å². The Kier molecular flexibility index (Phi) is 2.56. The Morgan fingerprint density at radius 3 is 2.24 bits per heavy atom. The molecule has 5 heteroatoms. The highest BCUT2D eigenvalue weighted by Crippen LogP contribution is 2.22. The average Bonchev–Trinajstić information content (AvgIpc) is 2.73. The topological polar surface area (TPSA) is 35.6 Å². The Morgan fingerprint density at radius 1 is 1.18 bits per heavy atom. The minimum absolute atomic E-state index is 0.245. The van der Waals surface area contributed by atoms with Crippen molar-refractivity contribution >= 4 is 0 Å². The van der Waals surface area contributed by atoms with Crippen molar-refractivity contribution < 1.29 is 4.39 Å². The summed E-state index contributed by atoms with van der Waals surface area (Å²) in [5, 5.41) is 8.49. The van der Waals surface area contributed by atoms with Crippen LogP contribution >= 0.6 is 0 Å². The molecule has 0 fully saturated rings. The van der Waals surface area contributed by atoms with Gasteiger partial charge in [0.2, 0.25) is 5.82 Å². The van der Waals surface area contributed by atoms with Crippen LogP contribution in [-0.2, 0) is 5.54 Å². The summed E-state index contributed by atoms with van der Waals surface area (Å²) in [6.07, 6.45) is 1.72. The number of nitrogens with zero attached hydrogens (tertiary/aromatic N) is 4. The first kappa shape index (κ1) is 11.8. The first-order valence-electron chi connectivity index (χ1n) is 5.59. The fourth-order valence-corrected chi connectivity index (χ4v) is 1.80. The summed E-state index contributed by atoms with van der Waals surface area (Å²) in [6, 6.07) is 1.82. The van der Waals surface area contributed by atoms with Crippen molar-refractivity contribution in [3.63, 3.8) is 0 Å². The SMILES string of the molecule is Cc1ccn(-c2nn(C(C)(C)C)c(C)c2F)n1. The summed E-state index contributed by atoms with van der Waals surface area (Å²) in [5.41, 5.74) is 1.12. The zero-order valence-electron chi connectivity index (χ0n) is 10.8. The standard InChI is InChI=1S/C12H17FN4/c1-8-6-7-16(14-8)11-10(13)9(2)17(15-11)12(3,4)5/h6-7H,1-5H3. The summed E-state index contributed by atoms with van der Waals surface area (Å²) in [7, 11) is 0. The van der Waals surface area contributed by atoms with Gasteiger partial charge in [0, 0.05) is 6.20 Å². The zero-order chi connectivity index (χ0) is 12.8. The number of aryl methyl sites for hydroxylation is 1. The number of rotatable bonds is 1. The van der Waals surface area contributed by atoms with Crippen LogP contribution in [0.2, 0.25) is 0 Å². The van der Waals surface area contributed by atoms with Crippen molar-refractivity contribution in [3.05, 3.63) is 29.5 Å². The Morgan fingerprint density at radius 2 is 1.82 bits per heavy atom. The van der Waals surface area contributed by atoms with Gasteiger partial charge in [0.15, 0.2) is 5.82 Å². The van der Waals surface area contributed by atoms with Gasteiger partial charge in [-0.05, 0) is 40.7 Å². The lowest BCUT2D eigenvalue weighted by Crippen LogP contribution is -2.24. The third kappa shape index (κ3) is 1.97. The lowest BCUT2D eigenvalue weighted by atomic mass is 10.1. The minimum Gasteiger partial charge on any atom is -0.259 e. The maximum Gasteiger partial charge on any atom is 0.211 e. The van der Waals surface area contributed by atoms with Crippen LogP contribution in [0.15, 0.2) is 12.3 Å². The molecule has 2 aromatic rings. The van der Waals surface area contributed by atoms with E-state index in [0.29, 0.717) is 5.69 Å². The maximum absolute atomic E-state index is 14.1. The third-order valence-electron chi connectivity index (χ3n) is 2.60. The van der Waals surface area contributed by atoms with Crippen LogP contribution in [0.3, 0.4) is 0 Å². The van der Waals surface area contributed by atoms with Crippen molar-refractivity contribution in [1.82, 2.24) is 19.6 Å². The highest BCUT2D eigenvalue weighted by atomic mass is 19.1. The Labute approximate surface area is 100 Å². The molecule has 0 aliphatic carbocycles. The lowest BCUT2D eigenvalue weighted by molar-refractivity contribution is 0.344. The second-order valence-electron chi connectivity index (χ2n) is 5.21. The number of aromatic nitrogens is 4. The molecule has 0 amide bonds.